The Labute approximate surface area is 154 Å². The Morgan fingerprint density at radius 3 is 2.63 bits per heavy atom. The van der Waals surface area contributed by atoms with Gasteiger partial charge in [-0.1, -0.05) is 0 Å². The van der Waals surface area contributed by atoms with Crippen molar-refractivity contribution in [1.29, 1.82) is 0 Å². The van der Waals surface area contributed by atoms with Crippen LogP contribution in [0.4, 0.5) is 8.78 Å². The Morgan fingerprint density at radius 2 is 1.93 bits per heavy atom. The van der Waals surface area contributed by atoms with Gasteiger partial charge in [0.05, 0.1) is 37.6 Å². The maximum atomic E-state index is 13.9. The van der Waals surface area contributed by atoms with Crippen LogP contribution < -0.4 is 0 Å². The van der Waals surface area contributed by atoms with Crippen LogP contribution >= 0.6 is 0 Å². The van der Waals surface area contributed by atoms with E-state index in [0.717, 1.165) is 18.2 Å². The number of aliphatic hydroxyl groups is 5. The molecular weight excluding hydrogens is 368 g/mol. The lowest BCUT2D eigenvalue weighted by molar-refractivity contribution is -0.277. The number of aliphatic hydroxyl groups excluding tert-OH is 5. The molecule has 0 spiro atoms. The summed E-state index contributed by atoms with van der Waals surface area (Å²) in [4.78, 5) is 1.48. The molecule has 2 saturated heterocycles. The molecule has 0 aromatic heterocycles. The van der Waals surface area contributed by atoms with Crippen molar-refractivity contribution < 1.29 is 43.8 Å². The molecule has 0 saturated carbocycles. The molecule has 5 N–H and O–H groups in total. The topological polar surface area (TPSA) is 123 Å². The minimum atomic E-state index is -1.31. The highest BCUT2D eigenvalue weighted by atomic mass is 19.1. The smallest absolute Gasteiger partial charge is 0.187 e. The highest BCUT2D eigenvalue weighted by Gasteiger charge is 2.43. The number of rotatable bonds is 5. The van der Waals surface area contributed by atoms with Gasteiger partial charge in [-0.05, 0) is 18.2 Å². The number of ether oxygens (including phenoxy) is 2. The van der Waals surface area contributed by atoms with Crippen molar-refractivity contribution in [3.8, 4) is 0 Å². The van der Waals surface area contributed by atoms with Crippen molar-refractivity contribution in [2.45, 2.75) is 42.9 Å². The SMILES string of the molecule is OC[C@@H]1[C@@H](O)[C@H](O)CN1C[C@@H](O)[C@H]1OC(c2cc(F)ccc2F)OC[C@H]1O. The predicted octanol–water partition coefficient (Wildman–Crippen LogP) is -1.50. The Bertz CT molecular complexity index is 652. The first-order chi connectivity index (χ1) is 12.8. The van der Waals surface area contributed by atoms with Gasteiger partial charge in [-0.2, -0.15) is 0 Å². The molecule has 1 unspecified atom stereocenters. The van der Waals surface area contributed by atoms with E-state index in [2.05, 4.69) is 0 Å². The summed E-state index contributed by atoms with van der Waals surface area (Å²) in [5.74, 6) is -1.44. The molecule has 27 heavy (non-hydrogen) atoms. The van der Waals surface area contributed by atoms with E-state index in [4.69, 9.17) is 9.47 Å². The quantitative estimate of drug-likeness (QED) is 0.411. The van der Waals surface area contributed by atoms with Crippen LogP contribution in [0.15, 0.2) is 18.2 Å². The van der Waals surface area contributed by atoms with Crippen LogP contribution in [0.25, 0.3) is 0 Å². The van der Waals surface area contributed by atoms with Gasteiger partial charge < -0.3 is 35.0 Å². The number of likely N-dealkylation sites (tertiary alicyclic amines) is 1. The molecule has 152 valence electrons. The Kier molecular flexibility index (Phi) is 6.39. The van der Waals surface area contributed by atoms with Crippen LogP contribution in [0.5, 0.6) is 0 Å². The van der Waals surface area contributed by atoms with Crippen molar-refractivity contribution >= 4 is 0 Å². The van der Waals surface area contributed by atoms with Crippen LogP contribution in [-0.2, 0) is 9.47 Å². The lowest BCUT2D eigenvalue weighted by atomic mass is 10.1. The molecule has 1 aromatic carbocycles. The Morgan fingerprint density at radius 1 is 1.19 bits per heavy atom. The molecular formula is C17H23F2NO7. The summed E-state index contributed by atoms with van der Waals surface area (Å²) in [5, 5.41) is 49.5. The largest absolute Gasteiger partial charge is 0.395 e. The maximum Gasteiger partial charge on any atom is 0.187 e. The molecule has 8 nitrogen and oxygen atoms in total. The fourth-order valence-corrected chi connectivity index (χ4v) is 3.49. The van der Waals surface area contributed by atoms with Gasteiger partial charge in [-0.25, -0.2) is 8.78 Å². The summed E-state index contributed by atoms with van der Waals surface area (Å²) in [5.41, 5.74) is -0.195. The molecule has 0 radical (unpaired) electrons. The summed E-state index contributed by atoms with van der Waals surface area (Å²) < 4.78 is 38.0. The summed E-state index contributed by atoms with van der Waals surface area (Å²) in [6.07, 6.45) is -7.26. The minimum absolute atomic E-state index is 0.0186. The van der Waals surface area contributed by atoms with Gasteiger partial charge >= 0.3 is 0 Å². The molecule has 2 aliphatic heterocycles. The highest BCUT2D eigenvalue weighted by Crippen LogP contribution is 2.31. The van der Waals surface area contributed by atoms with Crippen LogP contribution in [0, 0.1) is 11.6 Å². The lowest BCUT2D eigenvalue weighted by Crippen LogP contribution is -2.52. The fourth-order valence-electron chi connectivity index (χ4n) is 3.49. The van der Waals surface area contributed by atoms with E-state index in [1.54, 1.807) is 0 Å². The summed E-state index contributed by atoms with van der Waals surface area (Å²) in [7, 11) is 0. The Balaban J connectivity index is 1.70. The van der Waals surface area contributed by atoms with Gasteiger partial charge in [0.1, 0.15) is 23.8 Å². The van der Waals surface area contributed by atoms with Gasteiger partial charge in [0, 0.05) is 18.7 Å². The van der Waals surface area contributed by atoms with E-state index in [-0.39, 0.29) is 25.3 Å². The standard InChI is InChI=1S/C17H23F2NO7/c18-8-1-2-10(19)9(3-8)17-26-7-14(24)16(27-17)13(23)5-20-4-12(22)15(25)11(20)6-21/h1-3,11-17,21-25H,4-7H2/t11-,12-,13-,14-,15-,16-,17?/m1/s1. The van der Waals surface area contributed by atoms with Crippen molar-refractivity contribution in [1.82, 2.24) is 4.90 Å². The van der Waals surface area contributed by atoms with Gasteiger partial charge in [-0.3, -0.25) is 4.90 Å². The number of hydrogen-bond acceptors (Lipinski definition) is 8. The second-order valence-electron chi connectivity index (χ2n) is 6.83. The predicted molar refractivity (Wildman–Crippen MR) is 86.4 cm³/mol. The number of β-amino-alcohol motifs (C(OH)–C–C–N with tert-alkyl or cyclic N) is 2. The molecule has 0 amide bonds. The molecule has 7 atom stereocenters. The van der Waals surface area contributed by atoms with Gasteiger partial charge in [0.25, 0.3) is 0 Å². The summed E-state index contributed by atoms with van der Waals surface area (Å²) >= 11 is 0. The molecule has 2 aliphatic rings. The van der Waals surface area contributed by atoms with E-state index in [0.29, 0.717) is 0 Å². The highest BCUT2D eigenvalue weighted by molar-refractivity contribution is 5.20. The zero-order chi connectivity index (χ0) is 19.7. The second-order valence-corrected chi connectivity index (χ2v) is 6.83. The number of hydrogen-bond donors (Lipinski definition) is 5. The first-order valence-electron chi connectivity index (χ1n) is 8.61. The van der Waals surface area contributed by atoms with Crippen molar-refractivity contribution in [2.24, 2.45) is 0 Å². The van der Waals surface area contributed by atoms with Crippen LogP contribution in [0.2, 0.25) is 0 Å². The first kappa shape index (κ1) is 20.5. The second kappa shape index (κ2) is 8.41. The van der Waals surface area contributed by atoms with Gasteiger partial charge in [0.2, 0.25) is 0 Å². The number of benzene rings is 1. The number of halogens is 2. The van der Waals surface area contributed by atoms with Crippen LogP contribution in [0.1, 0.15) is 11.9 Å². The first-order valence-corrected chi connectivity index (χ1v) is 8.61. The van der Waals surface area contributed by atoms with E-state index in [1.165, 1.54) is 4.90 Å². The zero-order valence-electron chi connectivity index (χ0n) is 14.4. The summed E-state index contributed by atoms with van der Waals surface area (Å²) in [6, 6.07) is 2.01. The zero-order valence-corrected chi connectivity index (χ0v) is 14.4. The molecule has 10 heteroatoms. The van der Waals surface area contributed by atoms with Crippen molar-refractivity contribution in [3.05, 3.63) is 35.4 Å². The van der Waals surface area contributed by atoms with Crippen molar-refractivity contribution in [2.75, 3.05) is 26.3 Å². The average Bonchev–Trinajstić information content (AvgIpc) is 2.90. The average molecular weight is 391 g/mol. The molecule has 2 fully saturated rings. The van der Waals surface area contributed by atoms with E-state index in [1.807, 2.05) is 0 Å². The van der Waals surface area contributed by atoms with Gasteiger partial charge in [0.15, 0.2) is 6.29 Å². The third-order valence-electron chi connectivity index (χ3n) is 4.96. The van der Waals surface area contributed by atoms with E-state index >= 15 is 0 Å². The van der Waals surface area contributed by atoms with Gasteiger partial charge in [-0.15, -0.1) is 0 Å². The number of nitrogens with zero attached hydrogens (tertiary/aromatic N) is 1. The van der Waals surface area contributed by atoms with Crippen LogP contribution in [-0.4, -0.2) is 93.3 Å². The third kappa shape index (κ3) is 4.28. The molecule has 0 aliphatic carbocycles. The minimum Gasteiger partial charge on any atom is -0.395 e. The molecule has 2 heterocycles. The maximum absolute atomic E-state index is 13.9. The van der Waals surface area contributed by atoms with E-state index < -0.39 is 61.1 Å². The van der Waals surface area contributed by atoms with Crippen LogP contribution in [0.3, 0.4) is 0 Å². The van der Waals surface area contributed by atoms with Crippen molar-refractivity contribution in [3.63, 3.8) is 0 Å². The molecule has 1 aromatic rings. The summed E-state index contributed by atoms with van der Waals surface area (Å²) in [6.45, 7) is -0.805. The lowest BCUT2D eigenvalue weighted by Gasteiger charge is -2.38. The Hall–Kier alpha value is -1.24. The third-order valence-corrected chi connectivity index (χ3v) is 4.96. The fraction of sp³-hybridized carbons (Fsp3) is 0.647. The molecule has 0 bridgehead atoms. The molecule has 3 rings (SSSR count). The van der Waals surface area contributed by atoms with E-state index in [9.17, 15) is 34.3 Å². The monoisotopic (exact) mass is 391 g/mol. The normalized spacial score (nSPS) is 36.1.